The summed E-state index contributed by atoms with van der Waals surface area (Å²) in [5, 5.41) is 12.6. The predicted octanol–water partition coefficient (Wildman–Crippen LogP) is 1.51. The number of hydrogen-bond donors (Lipinski definition) is 2. The number of rotatable bonds is 5. The van der Waals surface area contributed by atoms with E-state index in [9.17, 15) is 19.1 Å². The fourth-order valence-electron chi connectivity index (χ4n) is 3.15. The smallest absolute Gasteiger partial charge is 0.339 e. The van der Waals surface area contributed by atoms with Crippen molar-refractivity contribution < 1.29 is 14.3 Å². The molecule has 0 amide bonds. The highest BCUT2D eigenvalue weighted by atomic mass is 19.1. The number of alkyl halides is 1. The standard InChI is InChI=1S/C16H22FN3O3/c1-19-6-2-11(3-7-19)18-13-8-14(21)20(9-12(13)15(22)23)16(10-17)4-5-16/h8-9,11,18H,2-7,10H2,1H3,(H,22,23). The summed E-state index contributed by atoms with van der Waals surface area (Å²) in [4.78, 5) is 26.1. The Hall–Kier alpha value is -1.89. The summed E-state index contributed by atoms with van der Waals surface area (Å²) < 4.78 is 14.5. The highest BCUT2D eigenvalue weighted by molar-refractivity contribution is 5.93. The molecule has 3 rings (SSSR count). The van der Waals surface area contributed by atoms with Crippen molar-refractivity contribution in [2.45, 2.75) is 37.3 Å². The molecule has 0 aromatic carbocycles. The lowest BCUT2D eigenvalue weighted by Crippen LogP contribution is -2.38. The van der Waals surface area contributed by atoms with E-state index in [1.807, 2.05) is 7.05 Å². The molecule has 23 heavy (non-hydrogen) atoms. The second-order valence-electron chi connectivity index (χ2n) is 6.69. The Labute approximate surface area is 133 Å². The number of hydrogen-bond acceptors (Lipinski definition) is 4. The van der Waals surface area contributed by atoms with Gasteiger partial charge in [0.1, 0.15) is 6.67 Å². The van der Waals surface area contributed by atoms with Crippen LogP contribution in [0.5, 0.6) is 0 Å². The lowest BCUT2D eigenvalue weighted by molar-refractivity contribution is 0.0696. The summed E-state index contributed by atoms with van der Waals surface area (Å²) in [6.07, 6.45) is 4.24. The van der Waals surface area contributed by atoms with Crippen molar-refractivity contribution in [3.05, 3.63) is 28.2 Å². The molecule has 1 saturated heterocycles. The van der Waals surface area contributed by atoms with E-state index in [2.05, 4.69) is 10.2 Å². The maximum absolute atomic E-state index is 13.2. The second-order valence-corrected chi connectivity index (χ2v) is 6.69. The molecule has 0 unspecified atom stereocenters. The first-order valence-corrected chi connectivity index (χ1v) is 7.97. The van der Waals surface area contributed by atoms with E-state index in [1.54, 1.807) is 0 Å². The molecule has 1 aromatic heterocycles. The molecule has 0 spiro atoms. The SMILES string of the molecule is CN1CCC(Nc2cc(=O)n(C3(CF)CC3)cc2C(=O)O)CC1. The Morgan fingerprint density at radius 2 is 2.09 bits per heavy atom. The van der Waals surface area contributed by atoms with Gasteiger partial charge in [-0.3, -0.25) is 4.79 Å². The van der Waals surface area contributed by atoms with Crippen LogP contribution in [-0.4, -0.2) is 53.4 Å². The predicted molar refractivity (Wildman–Crippen MR) is 85.0 cm³/mol. The van der Waals surface area contributed by atoms with Crippen molar-refractivity contribution in [3.63, 3.8) is 0 Å². The molecule has 1 aliphatic heterocycles. The van der Waals surface area contributed by atoms with E-state index < -0.39 is 18.2 Å². The summed E-state index contributed by atoms with van der Waals surface area (Å²) in [6.45, 7) is 1.22. The van der Waals surface area contributed by atoms with Gasteiger partial charge in [-0.2, -0.15) is 0 Å². The first kappa shape index (κ1) is 16.0. The van der Waals surface area contributed by atoms with Gasteiger partial charge in [-0.15, -0.1) is 0 Å². The normalized spacial score (nSPS) is 21.1. The van der Waals surface area contributed by atoms with Gasteiger partial charge in [0.25, 0.3) is 5.56 Å². The first-order valence-electron chi connectivity index (χ1n) is 7.97. The van der Waals surface area contributed by atoms with Crippen LogP contribution >= 0.6 is 0 Å². The molecule has 0 atom stereocenters. The fourth-order valence-corrected chi connectivity index (χ4v) is 3.15. The molecule has 126 valence electrons. The lowest BCUT2D eigenvalue weighted by atomic mass is 10.0. The summed E-state index contributed by atoms with van der Waals surface area (Å²) in [5.74, 6) is -1.11. The monoisotopic (exact) mass is 323 g/mol. The van der Waals surface area contributed by atoms with Gasteiger partial charge in [0.2, 0.25) is 0 Å². The van der Waals surface area contributed by atoms with E-state index in [0.717, 1.165) is 25.9 Å². The zero-order valence-electron chi connectivity index (χ0n) is 13.2. The molecule has 2 fully saturated rings. The minimum absolute atomic E-state index is 0.0308. The highest BCUT2D eigenvalue weighted by Gasteiger charge is 2.46. The second kappa shape index (κ2) is 5.96. The van der Waals surface area contributed by atoms with Crippen LogP contribution < -0.4 is 10.9 Å². The topological polar surface area (TPSA) is 74.6 Å². The molecule has 0 radical (unpaired) electrons. The number of nitrogens with one attached hydrogen (secondary N) is 1. The molecule has 1 saturated carbocycles. The third kappa shape index (κ3) is 3.10. The van der Waals surface area contributed by atoms with Crippen molar-refractivity contribution in [2.75, 3.05) is 32.1 Å². The summed E-state index contributed by atoms with van der Waals surface area (Å²) in [5.41, 5.74) is -0.806. The van der Waals surface area contributed by atoms with Crippen LogP contribution in [0.4, 0.5) is 10.1 Å². The molecular weight excluding hydrogens is 301 g/mol. The molecule has 0 bridgehead atoms. The van der Waals surface area contributed by atoms with Gasteiger partial charge in [-0.1, -0.05) is 0 Å². The van der Waals surface area contributed by atoms with Gasteiger partial charge in [0.05, 0.1) is 16.8 Å². The number of aromatic nitrogens is 1. The summed E-state index contributed by atoms with van der Waals surface area (Å²) in [7, 11) is 2.05. The van der Waals surface area contributed by atoms with Crippen molar-refractivity contribution in [1.82, 2.24) is 9.47 Å². The molecule has 2 N–H and O–H groups in total. The van der Waals surface area contributed by atoms with Crippen LogP contribution in [-0.2, 0) is 5.54 Å². The zero-order chi connectivity index (χ0) is 16.6. The average molecular weight is 323 g/mol. The molecule has 6 nitrogen and oxygen atoms in total. The van der Waals surface area contributed by atoms with Crippen LogP contribution in [0.15, 0.2) is 17.1 Å². The number of carboxylic acid groups (broad SMARTS) is 1. The Morgan fingerprint density at radius 1 is 1.43 bits per heavy atom. The highest BCUT2D eigenvalue weighted by Crippen LogP contribution is 2.43. The fraction of sp³-hybridized carbons (Fsp3) is 0.625. The van der Waals surface area contributed by atoms with Gasteiger partial charge in [-0.25, -0.2) is 9.18 Å². The zero-order valence-corrected chi connectivity index (χ0v) is 13.2. The summed E-state index contributed by atoms with van der Waals surface area (Å²) >= 11 is 0. The van der Waals surface area contributed by atoms with Crippen LogP contribution in [0, 0.1) is 0 Å². The number of halogens is 1. The third-order valence-electron chi connectivity index (χ3n) is 4.95. The van der Waals surface area contributed by atoms with Crippen molar-refractivity contribution in [3.8, 4) is 0 Å². The molecular formula is C16H22FN3O3. The lowest BCUT2D eigenvalue weighted by Gasteiger charge is -2.30. The molecule has 1 aromatic rings. The van der Waals surface area contributed by atoms with Crippen LogP contribution in [0.25, 0.3) is 0 Å². The number of aromatic carboxylic acids is 1. The Morgan fingerprint density at radius 3 is 2.61 bits per heavy atom. The average Bonchev–Trinajstić information content (AvgIpc) is 3.30. The molecule has 7 heteroatoms. The Kier molecular flexibility index (Phi) is 4.14. The van der Waals surface area contributed by atoms with E-state index in [0.29, 0.717) is 18.5 Å². The number of anilines is 1. The maximum atomic E-state index is 13.2. The minimum atomic E-state index is -1.11. The molecule has 1 aliphatic carbocycles. The van der Waals surface area contributed by atoms with Gasteiger partial charge in [0.15, 0.2) is 0 Å². The molecule has 2 heterocycles. The van der Waals surface area contributed by atoms with Gasteiger partial charge >= 0.3 is 5.97 Å². The van der Waals surface area contributed by atoms with Crippen molar-refractivity contribution >= 4 is 11.7 Å². The van der Waals surface area contributed by atoms with E-state index in [1.165, 1.54) is 16.8 Å². The van der Waals surface area contributed by atoms with Crippen molar-refractivity contribution in [2.24, 2.45) is 0 Å². The number of piperidine rings is 1. The number of carboxylic acids is 1. The van der Waals surface area contributed by atoms with Gasteiger partial charge in [-0.05, 0) is 45.8 Å². The van der Waals surface area contributed by atoms with Crippen molar-refractivity contribution in [1.29, 1.82) is 0 Å². The van der Waals surface area contributed by atoms with Gasteiger partial charge < -0.3 is 19.9 Å². The number of likely N-dealkylation sites (tertiary alicyclic amines) is 1. The van der Waals surface area contributed by atoms with Gasteiger partial charge in [0, 0.05) is 18.3 Å². The Bertz CT molecular complexity index is 661. The molecule has 2 aliphatic rings. The van der Waals surface area contributed by atoms with E-state index in [4.69, 9.17) is 0 Å². The minimum Gasteiger partial charge on any atom is -0.478 e. The van der Waals surface area contributed by atoms with E-state index >= 15 is 0 Å². The van der Waals surface area contributed by atoms with Crippen LogP contribution in [0.1, 0.15) is 36.0 Å². The number of nitrogens with zero attached hydrogens (tertiary/aromatic N) is 2. The largest absolute Gasteiger partial charge is 0.478 e. The third-order valence-corrected chi connectivity index (χ3v) is 4.95. The summed E-state index contributed by atoms with van der Waals surface area (Å²) in [6, 6.07) is 1.45. The number of pyridine rings is 1. The quantitative estimate of drug-likeness (QED) is 0.859. The maximum Gasteiger partial charge on any atom is 0.339 e. The first-order chi connectivity index (χ1) is 10.9. The van der Waals surface area contributed by atoms with E-state index in [-0.39, 0.29) is 17.2 Å². The van der Waals surface area contributed by atoms with Crippen LogP contribution in [0.2, 0.25) is 0 Å². The number of carbonyl (C=O) groups is 1. The van der Waals surface area contributed by atoms with Crippen LogP contribution in [0.3, 0.4) is 0 Å². The Balaban J connectivity index is 1.89.